The second kappa shape index (κ2) is 9.76. The van der Waals surface area contributed by atoms with Gasteiger partial charge in [0.25, 0.3) is 0 Å². The molecule has 1 N–H and O–H groups in total. The Morgan fingerprint density at radius 3 is 2.31 bits per heavy atom. The van der Waals surface area contributed by atoms with Crippen LogP contribution in [0.3, 0.4) is 0 Å². The maximum absolute atomic E-state index is 12.7. The predicted octanol–water partition coefficient (Wildman–Crippen LogP) is 5.16. The fourth-order valence-electron chi connectivity index (χ4n) is 2.21. The van der Waals surface area contributed by atoms with Gasteiger partial charge in [0.2, 0.25) is 11.7 Å². The van der Waals surface area contributed by atoms with Crippen molar-refractivity contribution in [2.75, 3.05) is 11.9 Å². The zero-order valence-electron chi connectivity index (χ0n) is 14.7. The molecule has 0 saturated heterocycles. The number of ketones is 1. The van der Waals surface area contributed by atoms with E-state index in [1.165, 1.54) is 12.1 Å². The zero-order chi connectivity index (χ0) is 21.6. The minimum atomic E-state index is -4.60. The minimum Gasteiger partial charge on any atom is -0.457 e. The lowest BCUT2D eigenvalue weighted by molar-refractivity contribution is -0.143. The third kappa shape index (κ3) is 6.76. The van der Waals surface area contributed by atoms with Gasteiger partial charge in [-0.2, -0.15) is 13.2 Å². The Labute approximate surface area is 173 Å². The van der Waals surface area contributed by atoms with Crippen LogP contribution in [0.15, 0.2) is 42.5 Å². The summed E-state index contributed by atoms with van der Waals surface area (Å²) in [5.41, 5.74) is -1.01. The number of ether oxygens (including phenoxy) is 1. The van der Waals surface area contributed by atoms with Crippen LogP contribution in [0.5, 0.6) is 0 Å². The van der Waals surface area contributed by atoms with Gasteiger partial charge in [-0.25, -0.2) is 0 Å². The van der Waals surface area contributed by atoms with Crippen LogP contribution in [-0.2, 0) is 20.5 Å². The maximum Gasteiger partial charge on any atom is 0.416 e. The molecule has 0 aromatic heterocycles. The lowest BCUT2D eigenvalue weighted by Gasteiger charge is -2.11. The molecular formula is C19H14Cl2F3NO4. The Hall–Kier alpha value is -2.58. The highest BCUT2D eigenvalue weighted by atomic mass is 35.5. The Bertz CT molecular complexity index is 932. The highest BCUT2D eigenvalue weighted by Crippen LogP contribution is 2.33. The number of hydrogen-bond donors (Lipinski definition) is 1. The van der Waals surface area contributed by atoms with E-state index in [0.29, 0.717) is 6.07 Å². The van der Waals surface area contributed by atoms with Gasteiger partial charge in [-0.05, 0) is 30.3 Å². The third-order valence-corrected chi connectivity index (χ3v) is 4.32. The Kier molecular flexibility index (Phi) is 7.64. The second-order valence-corrected chi connectivity index (χ2v) is 6.62. The molecule has 0 fully saturated rings. The molecule has 154 valence electrons. The van der Waals surface area contributed by atoms with Gasteiger partial charge in [-0.15, -0.1) is 0 Å². The van der Waals surface area contributed by atoms with E-state index in [9.17, 15) is 27.6 Å². The fraction of sp³-hybridized carbons (Fsp3) is 0.211. The van der Waals surface area contributed by atoms with Crippen LogP contribution in [-0.4, -0.2) is 24.3 Å². The molecule has 0 bridgehead atoms. The molecule has 2 rings (SSSR count). The molecule has 0 heterocycles. The van der Waals surface area contributed by atoms with E-state index >= 15 is 0 Å². The molecule has 2 aromatic carbocycles. The molecule has 2 aromatic rings. The predicted molar refractivity (Wildman–Crippen MR) is 101 cm³/mol. The van der Waals surface area contributed by atoms with Gasteiger partial charge < -0.3 is 10.1 Å². The van der Waals surface area contributed by atoms with Crippen molar-refractivity contribution in [3.05, 3.63) is 63.6 Å². The van der Waals surface area contributed by atoms with E-state index in [1.54, 1.807) is 12.1 Å². The number of amides is 1. The normalized spacial score (nSPS) is 11.1. The second-order valence-electron chi connectivity index (χ2n) is 5.80. The van der Waals surface area contributed by atoms with E-state index in [-0.39, 0.29) is 34.1 Å². The van der Waals surface area contributed by atoms with Crippen LogP contribution in [0.1, 0.15) is 28.8 Å². The van der Waals surface area contributed by atoms with Gasteiger partial charge in [-0.3, -0.25) is 14.4 Å². The number of alkyl halides is 3. The molecule has 29 heavy (non-hydrogen) atoms. The van der Waals surface area contributed by atoms with Crippen LogP contribution >= 0.6 is 23.2 Å². The lowest BCUT2D eigenvalue weighted by atomic mass is 10.1. The zero-order valence-corrected chi connectivity index (χ0v) is 16.2. The van der Waals surface area contributed by atoms with Gasteiger partial charge in [0.1, 0.15) is 0 Å². The number of benzene rings is 2. The van der Waals surface area contributed by atoms with E-state index < -0.39 is 36.0 Å². The fourth-order valence-corrected chi connectivity index (χ4v) is 2.61. The molecule has 5 nitrogen and oxygen atoms in total. The molecular weight excluding hydrogens is 434 g/mol. The van der Waals surface area contributed by atoms with Crippen molar-refractivity contribution in [2.24, 2.45) is 0 Å². The van der Waals surface area contributed by atoms with Crippen molar-refractivity contribution in [2.45, 2.75) is 19.0 Å². The first kappa shape index (κ1) is 22.7. The van der Waals surface area contributed by atoms with Crippen molar-refractivity contribution in [3.8, 4) is 0 Å². The van der Waals surface area contributed by atoms with Crippen LogP contribution in [0.4, 0.5) is 18.9 Å². The molecule has 0 aliphatic rings. The molecule has 0 unspecified atom stereocenters. The van der Waals surface area contributed by atoms with E-state index in [1.807, 2.05) is 0 Å². The Morgan fingerprint density at radius 2 is 1.66 bits per heavy atom. The number of carbonyl (C=O) groups excluding carboxylic acids is 3. The molecule has 10 heteroatoms. The smallest absolute Gasteiger partial charge is 0.416 e. The minimum absolute atomic E-state index is 0.0840. The van der Waals surface area contributed by atoms with Crippen LogP contribution in [0, 0.1) is 0 Å². The van der Waals surface area contributed by atoms with Crippen molar-refractivity contribution >= 4 is 46.5 Å². The molecule has 0 atom stereocenters. The first-order valence-corrected chi connectivity index (χ1v) is 8.93. The Morgan fingerprint density at radius 1 is 0.966 bits per heavy atom. The first-order chi connectivity index (χ1) is 13.6. The number of rotatable bonds is 7. The summed E-state index contributed by atoms with van der Waals surface area (Å²) in [6, 6.07) is 8.72. The molecule has 0 aliphatic heterocycles. The number of halogens is 5. The number of hydrogen-bond acceptors (Lipinski definition) is 4. The number of nitrogens with one attached hydrogen (secondary N) is 1. The van der Waals surface area contributed by atoms with Crippen molar-refractivity contribution in [1.82, 2.24) is 0 Å². The summed E-state index contributed by atoms with van der Waals surface area (Å²) < 4.78 is 43.0. The summed E-state index contributed by atoms with van der Waals surface area (Å²) in [6.45, 7) is -0.552. The molecule has 0 saturated carbocycles. The van der Waals surface area contributed by atoms with Crippen LogP contribution in [0.25, 0.3) is 0 Å². The average molecular weight is 448 g/mol. The summed E-state index contributed by atoms with van der Waals surface area (Å²) in [5, 5.41) is 2.34. The number of Topliss-reactive ketones (excluding diaryl/α,β-unsaturated/α-hetero) is 1. The largest absolute Gasteiger partial charge is 0.457 e. The van der Waals surface area contributed by atoms with Gasteiger partial charge >= 0.3 is 12.1 Å². The number of esters is 1. The highest BCUT2D eigenvalue weighted by molar-refractivity contribution is 6.34. The molecule has 1 amide bonds. The SMILES string of the molecule is O=C(CCC(=O)OCC(=O)c1ccccc1Cl)Nc1cc(C(F)(F)F)ccc1Cl. The Balaban J connectivity index is 1.84. The van der Waals surface area contributed by atoms with Crippen molar-refractivity contribution in [1.29, 1.82) is 0 Å². The highest BCUT2D eigenvalue weighted by Gasteiger charge is 2.31. The van der Waals surface area contributed by atoms with E-state index in [0.717, 1.165) is 12.1 Å². The lowest BCUT2D eigenvalue weighted by Crippen LogP contribution is -2.18. The summed E-state index contributed by atoms with van der Waals surface area (Å²) in [6.07, 6.45) is -5.34. The van der Waals surface area contributed by atoms with Crippen LogP contribution in [0.2, 0.25) is 10.0 Å². The topological polar surface area (TPSA) is 72.5 Å². The molecule has 0 aliphatic carbocycles. The summed E-state index contributed by atoms with van der Waals surface area (Å²) in [4.78, 5) is 35.6. The van der Waals surface area contributed by atoms with E-state index in [4.69, 9.17) is 27.9 Å². The number of carbonyl (C=O) groups is 3. The summed E-state index contributed by atoms with van der Waals surface area (Å²) in [5.74, 6) is -2.07. The third-order valence-electron chi connectivity index (χ3n) is 3.66. The maximum atomic E-state index is 12.7. The standard InChI is InChI=1S/C19H14Cl2F3NO4/c20-13-4-2-1-3-12(13)16(26)10-29-18(28)8-7-17(27)25-15-9-11(19(22,23)24)5-6-14(15)21/h1-6,9H,7-8,10H2,(H,25,27). The summed E-state index contributed by atoms with van der Waals surface area (Å²) >= 11 is 11.7. The van der Waals surface area contributed by atoms with Gasteiger partial charge in [0.15, 0.2) is 6.61 Å². The monoisotopic (exact) mass is 447 g/mol. The molecule has 0 spiro atoms. The first-order valence-electron chi connectivity index (χ1n) is 8.18. The summed E-state index contributed by atoms with van der Waals surface area (Å²) in [7, 11) is 0. The van der Waals surface area contributed by atoms with Crippen molar-refractivity contribution < 1.29 is 32.3 Å². The van der Waals surface area contributed by atoms with E-state index in [2.05, 4.69) is 5.32 Å². The molecule has 0 radical (unpaired) electrons. The number of anilines is 1. The van der Waals surface area contributed by atoms with Crippen molar-refractivity contribution in [3.63, 3.8) is 0 Å². The van der Waals surface area contributed by atoms with Gasteiger partial charge in [-0.1, -0.05) is 35.3 Å². The quantitative estimate of drug-likeness (QED) is 0.470. The van der Waals surface area contributed by atoms with Gasteiger partial charge in [0.05, 0.1) is 27.7 Å². The van der Waals surface area contributed by atoms with Crippen LogP contribution < -0.4 is 5.32 Å². The van der Waals surface area contributed by atoms with Gasteiger partial charge in [0, 0.05) is 12.0 Å². The average Bonchev–Trinajstić information content (AvgIpc) is 2.65.